The maximum Gasteiger partial charge on any atom is 0.228 e. The quantitative estimate of drug-likeness (QED) is 0.840. The van der Waals surface area contributed by atoms with Crippen LogP contribution >= 0.6 is 0 Å². The Morgan fingerprint density at radius 2 is 1.86 bits per heavy atom. The Hall–Kier alpha value is -1.40. The molecule has 0 aliphatic heterocycles. The largest absolute Gasteiger partial charge is 0.327 e. The van der Waals surface area contributed by atoms with Crippen LogP contribution in [0.25, 0.3) is 0 Å². The third-order valence-corrected chi connectivity index (χ3v) is 5.66. The van der Waals surface area contributed by atoms with Crippen molar-refractivity contribution in [2.24, 2.45) is 11.7 Å². The van der Waals surface area contributed by atoms with Crippen LogP contribution in [0.2, 0.25) is 0 Å². The molecule has 6 heteroatoms. The molecule has 0 saturated heterocycles. The monoisotopic (exact) mass is 312 g/mol. The first-order chi connectivity index (χ1) is 9.63. The number of anilines is 1. The highest BCUT2D eigenvalue weighted by Gasteiger charge is 2.19. The van der Waals surface area contributed by atoms with Crippen LogP contribution in [-0.4, -0.2) is 25.6 Å². The van der Waals surface area contributed by atoms with Crippen molar-refractivity contribution in [1.29, 1.82) is 0 Å². The van der Waals surface area contributed by atoms with Crippen LogP contribution in [0, 0.1) is 5.92 Å². The highest BCUT2D eigenvalue weighted by molar-refractivity contribution is 7.91. The van der Waals surface area contributed by atoms with E-state index >= 15 is 0 Å². The second kappa shape index (κ2) is 7.04. The smallest absolute Gasteiger partial charge is 0.228 e. The summed E-state index contributed by atoms with van der Waals surface area (Å²) in [5.74, 6) is -0.515. The number of amides is 1. The van der Waals surface area contributed by atoms with E-state index in [1.165, 1.54) is 0 Å². The van der Waals surface area contributed by atoms with Crippen molar-refractivity contribution in [2.75, 3.05) is 5.32 Å². The van der Waals surface area contributed by atoms with Crippen molar-refractivity contribution in [2.45, 2.75) is 44.7 Å². The predicted octanol–water partition coefficient (Wildman–Crippen LogP) is 1.93. The summed E-state index contributed by atoms with van der Waals surface area (Å²) in [6, 6.07) is 6.65. The summed E-state index contributed by atoms with van der Waals surface area (Å²) in [7, 11) is -3.16. The van der Waals surface area contributed by atoms with Gasteiger partial charge < -0.3 is 11.1 Å². The molecule has 0 saturated carbocycles. The lowest BCUT2D eigenvalue weighted by Gasteiger charge is -2.16. The van der Waals surface area contributed by atoms with E-state index in [0.717, 1.165) is 0 Å². The van der Waals surface area contributed by atoms with Gasteiger partial charge in [-0.15, -0.1) is 0 Å². The van der Waals surface area contributed by atoms with E-state index in [1.807, 2.05) is 0 Å². The normalized spacial score (nSPS) is 14.8. The van der Waals surface area contributed by atoms with Crippen LogP contribution in [0.3, 0.4) is 0 Å². The molecule has 0 spiro atoms. The summed E-state index contributed by atoms with van der Waals surface area (Å²) in [6.45, 7) is 6.85. The van der Waals surface area contributed by atoms with Crippen molar-refractivity contribution in [1.82, 2.24) is 0 Å². The SMILES string of the molecule is CC(N)C(C)C(=O)Nc1cccc(CS(=O)(=O)C(C)C)c1. The van der Waals surface area contributed by atoms with Crippen molar-refractivity contribution in [3.05, 3.63) is 29.8 Å². The lowest BCUT2D eigenvalue weighted by Crippen LogP contribution is -2.34. The summed E-state index contributed by atoms with van der Waals surface area (Å²) in [5.41, 5.74) is 6.95. The van der Waals surface area contributed by atoms with Gasteiger partial charge in [-0.1, -0.05) is 19.1 Å². The zero-order chi connectivity index (χ0) is 16.2. The van der Waals surface area contributed by atoms with Crippen LogP contribution in [0.4, 0.5) is 5.69 Å². The van der Waals surface area contributed by atoms with E-state index in [-0.39, 0.29) is 23.6 Å². The molecule has 0 bridgehead atoms. The van der Waals surface area contributed by atoms with Crippen molar-refractivity contribution >= 4 is 21.4 Å². The molecule has 2 atom stereocenters. The lowest BCUT2D eigenvalue weighted by molar-refractivity contribution is -0.119. The zero-order valence-corrected chi connectivity index (χ0v) is 13.8. The number of rotatable bonds is 6. The van der Waals surface area contributed by atoms with Gasteiger partial charge in [-0.05, 0) is 38.5 Å². The number of nitrogens with one attached hydrogen (secondary N) is 1. The number of benzene rings is 1. The number of carbonyl (C=O) groups excluding carboxylic acids is 1. The van der Waals surface area contributed by atoms with Crippen LogP contribution in [0.1, 0.15) is 33.3 Å². The van der Waals surface area contributed by atoms with Crippen molar-refractivity contribution in [3.8, 4) is 0 Å². The fraction of sp³-hybridized carbons (Fsp3) is 0.533. The Kier molecular flexibility index (Phi) is 5.92. The summed E-state index contributed by atoms with van der Waals surface area (Å²) in [4.78, 5) is 11.9. The van der Waals surface area contributed by atoms with Crippen LogP contribution in [0.15, 0.2) is 24.3 Å². The molecule has 118 valence electrons. The van der Waals surface area contributed by atoms with E-state index < -0.39 is 15.1 Å². The molecule has 1 amide bonds. The topological polar surface area (TPSA) is 89.3 Å². The molecule has 0 aliphatic rings. The fourth-order valence-electron chi connectivity index (χ4n) is 1.63. The number of hydrogen-bond acceptors (Lipinski definition) is 4. The summed E-state index contributed by atoms with van der Waals surface area (Å²) in [5, 5.41) is 2.34. The Balaban J connectivity index is 2.85. The first-order valence-electron chi connectivity index (χ1n) is 7.00. The minimum Gasteiger partial charge on any atom is -0.327 e. The van der Waals surface area contributed by atoms with Gasteiger partial charge in [0.05, 0.1) is 16.9 Å². The first kappa shape index (κ1) is 17.7. The van der Waals surface area contributed by atoms with Gasteiger partial charge in [0, 0.05) is 11.7 Å². The molecule has 5 nitrogen and oxygen atoms in total. The first-order valence-corrected chi connectivity index (χ1v) is 8.72. The summed E-state index contributed by atoms with van der Waals surface area (Å²) >= 11 is 0. The second-order valence-corrected chi connectivity index (χ2v) is 8.25. The van der Waals surface area contributed by atoms with E-state index in [2.05, 4.69) is 5.32 Å². The highest BCUT2D eigenvalue weighted by Crippen LogP contribution is 2.16. The Bertz CT molecular complexity index is 595. The summed E-state index contributed by atoms with van der Waals surface area (Å²) < 4.78 is 23.9. The fourth-order valence-corrected chi connectivity index (χ4v) is 2.61. The molecule has 3 N–H and O–H groups in total. The average molecular weight is 312 g/mol. The molecule has 2 unspecified atom stereocenters. The van der Waals surface area contributed by atoms with Gasteiger partial charge in [0.25, 0.3) is 0 Å². The van der Waals surface area contributed by atoms with Crippen LogP contribution < -0.4 is 11.1 Å². The molecule has 1 aromatic rings. The van der Waals surface area contributed by atoms with E-state index in [1.54, 1.807) is 52.0 Å². The molecule has 21 heavy (non-hydrogen) atoms. The molecular weight excluding hydrogens is 288 g/mol. The molecule has 0 aliphatic carbocycles. The highest BCUT2D eigenvalue weighted by atomic mass is 32.2. The Labute approximate surface area is 126 Å². The summed E-state index contributed by atoms with van der Waals surface area (Å²) in [6.07, 6.45) is 0. The molecule has 1 aromatic carbocycles. The lowest BCUT2D eigenvalue weighted by atomic mass is 10.0. The van der Waals surface area contributed by atoms with E-state index in [9.17, 15) is 13.2 Å². The number of carbonyl (C=O) groups is 1. The van der Waals surface area contributed by atoms with Gasteiger partial charge in [0.1, 0.15) is 0 Å². The predicted molar refractivity (Wildman–Crippen MR) is 85.6 cm³/mol. The van der Waals surface area contributed by atoms with Gasteiger partial charge in [-0.3, -0.25) is 4.79 Å². The zero-order valence-electron chi connectivity index (χ0n) is 13.0. The molecule has 1 rings (SSSR count). The number of hydrogen-bond donors (Lipinski definition) is 2. The van der Waals surface area contributed by atoms with E-state index in [0.29, 0.717) is 11.3 Å². The van der Waals surface area contributed by atoms with Gasteiger partial charge >= 0.3 is 0 Å². The molecule has 0 radical (unpaired) electrons. The van der Waals surface area contributed by atoms with Crippen LogP contribution in [0.5, 0.6) is 0 Å². The molecule has 0 fully saturated rings. The van der Waals surface area contributed by atoms with E-state index in [4.69, 9.17) is 5.73 Å². The van der Waals surface area contributed by atoms with Gasteiger partial charge in [-0.2, -0.15) is 0 Å². The Morgan fingerprint density at radius 1 is 1.24 bits per heavy atom. The van der Waals surface area contributed by atoms with Crippen molar-refractivity contribution < 1.29 is 13.2 Å². The average Bonchev–Trinajstić information content (AvgIpc) is 2.37. The van der Waals surface area contributed by atoms with Crippen molar-refractivity contribution in [3.63, 3.8) is 0 Å². The molecule has 0 heterocycles. The third kappa shape index (κ3) is 5.13. The standard InChI is InChI=1S/C15H24N2O3S/c1-10(2)21(19,20)9-13-6-5-7-14(8-13)17-15(18)11(3)12(4)16/h5-8,10-12H,9,16H2,1-4H3,(H,17,18). The minimum absolute atomic E-state index is 0.0305. The van der Waals surface area contributed by atoms with Gasteiger partial charge in [-0.25, -0.2) is 8.42 Å². The third-order valence-electron chi connectivity index (χ3n) is 3.48. The molecular formula is C15H24N2O3S. The molecule has 0 aromatic heterocycles. The Morgan fingerprint density at radius 3 is 2.38 bits per heavy atom. The minimum atomic E-state index is -3.16. The number of sulfone groups is 1. The second-order valence-electron chi connectivity index (χ2n) is 5.69. The van der Waals surface area contributed by atoms with Crippen LogP contribution in [-0.2, 0) is 20.4 Å². The maximum absolute atomic E-state index is 11.9. The van der Waals surface area contributed by atoms with Gasteiger partial charge in [0.15, 0.2) is 9.84 Å². The van der Waals surface area contributed by atoms with Gasteiger partial charge in [0.2, 0.25) is 5.91 Å². The number of nitrogens with two attached hydrogens (primary N) is 1. The maximum atomic E-state index is 11.9.